The molecule has 6 nitrogen and oxygen atoms in total. The number of hydrogen-bond donors (Lipinski definition) is 1. The summed E-state index contributed by atoms with van der Waals surface area (Å²) in [6.45, 7) is -0.271. The summed E-state index contributed by atoms with van der Waals surface area (Å²) < 4.78 is 21.1. The molecule has 0 bridgehead atoms. The van der Waals surface area contributed by atoms with Gasteiger partial charge in [0.05, 0.1) is 17.4 Å². The molecular weight excluding hydrogens is 327 g/mol. The van der Waals surface area contributed by atoms with Crippen molar-refractivity contribution in [3.8, 4) is 5.75 Å². The molecule has 0 amide bonds. The summed E-state index contributed by atoms with van der Waals surface area (Å²) in [5.41, 5.74) is -0.497. The Labute approximate surface area is 142 Å². The van der Waals surface area contributed by atoms with E-state index < -0.39 is 23.2 Å². The summed E-state index contributed by atoms with van der Waals surface area (Å²) in [6, 6.07) is 12.5. The van der Waals surface area contributed by atoms with Crippen LogP contribution in [0.4, 0.5) is 4.39 Å². The largest absolute Gasteiger partial charge is 0.488 e. The molecule has 2 aromatic carbocycles. The lowest BCUT2D eigenvalue weighted by atomic mass is 10.2. The zero-order chi connectivity index (χ0) is 18.0. The van der Waals surface area contributed by atoms with E-state index in [1.165, 1.54) is 29.8 Å². The van der Waals surface area contributed by atoms with Crippen molar-refractivity contribution < 1.29 is 14.2 Å². The van der Waals surface area contributed by atoms with Gasteiger partial charge in [0.25, 0.3) is 5.56 Å². The number of nitrogens with zero attached hydrogens (tertiary/aromatic N) is 2. The van der Waals surface area contributed by atoms with E-state index in [0.29, 0.717) is 10.9 Å². The standard InChI is InChI=1S/C18H17FN2O4/c1-20-17(23)13-6-2-4-8-15(13)21(18(20)24)10-12(22)11-25-16-9-5-3-7-14(16)19/h2-9,12,22H,10-11H2,1H3. The van der Waals surface area contributed by atoms with E-state index in [9.17, 15) is 19.1 Å². The third-order valence-electron chi connectivity index (χ3n) is 3.91. The predicted molar refractivity (Wildman–Crippen MR) is 91.4 cm³/mol. The van der Waals surface area contributed by atoms with Gasteiger partial charge in [0.15, 0.2) is 11.6 Å². The summed E-state index contributed by atoms with van der Waals surface area (Å²) in [5, 5.41) is 10.6. The second-order valence-corrected chi connectivity index (χ2v) is 5.67. The molecule has 3 aromatic rings. The molecule has 1 N–H and O–H groups in total. The van der Waals surface area contributed by atoms with Crippen LogP contribution < -0.4 is 16.0 Å². The fourth-order valence-electron chi connectivity index (χ4n) is 2.63. The van der Waals surface area contributed by atoms with E-state index in [-0.39, 0.29) is 18.9 Å². The van der Waals surface area contributed by atoms with Gasteiger partial charge in [-0.1, -0.05) is 24.3 Å². The van der Waals surface area contributed by atoms with Crippen molar-refractivity contribution in [1.82, 2.24) is 9.13 Å². The zero-order valence-electron chi connectivity index (χ0n) is 13.6. The molecule has 0 fully saturated rings. The predicted octanol–water partition coefficient (Wildman–Crippen LogP) is 1.28. The van der Waals surface area contributed by atoms with Crippen molar-refractivity contribution in [2.45, 2.75) is 12.6 Å². The molecule has 1 heterocycles. The number of benzene rings is 2. The number of ether oxygens (including phenoxy) is 1. The molecule has 0 aliphatic carbocycles. The number of para-hydroxylation sites is 2. The molecule has 1 unspecified atom stereocenters. The monoisotopic (exact) mass is 344 g/mol. The van der Waals surface area contributed by atoms with E-state index >= 15 is 0 Å². The number of halogens is 1. The Balaban J connectivity index is 1.87. The molecule has 130 valence electrons. The molecule has 0 aliphatic heterocycles. The SMILES string of the molecule is Cn1c(=O)c2ccccc2n(CC(O)COc2ccccc2F)c1=O. The van der Waals surface area contributed by atoms with Crippen molar-refractivity contribution >= 4 is 10.9 Å². The molecular formula is C18H17FN2O4. The summed E-state index contributed by atoms with van der Waals surface area (Å²) in [7, 11) is 1.38. The topological polar surface area (TPSA) is 73.5 Å². The molecule has 0 radical (unpaired) electrons. The maximum absolute atomic E-state index is 13.5. The Morgan fingerprint density at radius 3 is 2.56 bits per heavy atom. The Kier molecular flexibility index (Phi) is 4.67. The average molecular weight is 344 g/mol. The zero-order valence-corrected chi connectivity index (χ0v) is 13.6. The van der Waals surface area contributed by atoms with Gasteiger partial charge in [-0.05, 0) is 24.3 Å². The fourth-order valence-corrected chi connectivity index (χ4v) is 2.63. The highest BCUT2D eigenvalue weighted by molar-refractivity contribution is 5.77. The van der Waals surface area contributed by atoms with Gasteiger partial charge in [0.2, 0.25) is 0 Å². The molecule has 25 heavy (non-hydrogen) atoms. The molecule has 0 saturated heterocycles. The van der Waals surface area contributed by atoms with Gasteiger partial charge >= 0.3 is 5.69 Å². The van der Waals surface area contributed by atoms with Crippen LogP contribution in [0.5, 0.6) is 5.75 Å². The lowest BCUT2D eigenvalue weighted by molar-refractivity contribution is 0.0901. The van der Waals surface area contributed by atoms with Gasteiger partial charge in [-0.2, -0.15) is 0 Å². The minimum atomic E-state index is -1.06. The van der Waals surface area contributed by atoms with Crippen LogP contribution >= 0.6 is 0 Å². The molecule has 1 aromatic heterocycles. The summed E-state index contributed by atoms with van der Waals surface area (Å²) in [5.74, 6) is -0.501. The van der Waals surface area contributed by atoms with E-state index in [0.717, 1.165) is 4.57 Å². The Bertz CT molecular complexity index is 1030. The summed E-state index contributed by atoms with van der Waals surface area (Å²) in [6.07, 6.45) is -1.06. The average Bonchev–Trinajstić information content (AvgIpc) is 2.63. The lowest BCUT2D eigenvalue weighted by Crippen LogP contribution is -2.40. The minimum Gasteiger partial charge on any atom is -0.488 e. The van der Waals surface area contributed by atoms with Crippen LogP contribution in [0.3, 0.4) is 0 Å². The van der Waals surface area contributed by atoms with Crippen LogP contribution in [-0.2, 0) is 13.6 Å². The molecule has 0 spiro atoms. The molecule has 0 aliphatic rings. The van der Waals surface area contributed by atoms with Gasteiger partial charge in [-0.15, -0.1) is 0 Å². The van der Waals surface area contributed by atoms with Crippen molar-refractivity contribution in [2.24, 2.45) is 7.05 Å². The Morgan fingerprint density at radius 1 is 1.12 bits per heavy atom. The van der Waals surface area contributed by atoms with Crippen molar-refractivity contribution in [3.63, 3.8) is 0 Å². The van der Waals surface area contributed by atoms with Gasteiger partial charge in [-0.3, -0.25) is 13.9 Å². The van der Waals surface area contributed by atoms with Gasteiger partial charge in [0.1, 0.15) is 12.7 Å². The maximum atomic E-state index is 13.5. The third-order valence-corrected chi connectivity index (χ3v) is 3.91. The Hall–Kier alpha value is -2.93. The highest BCUT2D eigenvalue weighted by Gasteiger charge is 2.15. The van der Waals surface area contributed by atoms with Crippen LogP contribution in [0.15, 0.2) is 58.1 Å². The van der Waals surface area contributed by atoms with Gasteiger partial charge in [0, 0.05) is 7.05 Å². The number of fused-ring (bicyclic) bond motifs is 1. The van der Waals surface area contributed by atoms with E-state index in [2.05, 4.69) is 0 Å². The van der Waals surface area contributed by atoms with Crippen molar-refractivity contribution in [2.75, 3.05) is 6.61 Å². The molecule has 3 rings (SSSR count). The first-order valence-electron chi connectivity index (χ1n) is 7.73. The van der Waals surface area contributed by atoms with E-state index in [1.807, 2.05) is 0 Å². The van der Waals surface area contributed by atoms with Crippen LogP contribution in [0, 0.1) is 5.82 Å². The second kappa shape index (κ2) is 6.90. The maximum Gasteiger partial charge on any atom is 0.331 e. The van der Waals surface area contributed by atoms with Crippen LogP contribution in [0.2, 0.25) is 0 Å². The number of rotatable bonds is 5. The smallest absolute Gasteiger partial charge is 0.331 e. The van der Waals surface area contributed by atoms with Crippen LogP contribution in [0.1, 0.15) is 0 Å². The first kappa shape index (κ1) is 16.9. The lowest BCUT2D eigenvalue weighted by Gasteiger charge is -2.16. The quantitative estimate of drug-likeness (QED) is 0.757. The minimum absolute atomic E-state index is 0.0271. The van der Waals surface area contributed by atoms with Crippen LogP contribution in [-0.4, -0.2) is 27.0 Å². The fraction of sp³-hybridized carbons (Fsp3) is 0.222. The number of hydrogen-bond acceptors (Lipinski definition) is 4. The first-order valence-corrected chi connectivity index (χ1v) is 7.73. The van der Waals surface area contributed by atoms with E-state index in [1.54, 1.807) is 30.3 Å². The van der Waals surface area contributed by atoms with Crippen molar-refractivity contribution in [1.29, 1.82) is 0 Å². The molecule has 0 saturated carbocycles. The highest BCUT2D eigenvalue weighted by atomic mass is 19.1. The van der Waals surface area contributed by atoms with Gasteiger partial charge in [-0.25, -0.2) is 9.18 Å². The number of aromatic nitrogens is 2. The van der Waals surface area contributed by atoms with E-state index in [4.69, 9.17) is 4.74 Å². The number of aliphatic hydroxyl groups excluding tert-OH is 1. The summed E-state index contributed by atoms with van der Waals surface area (Å²) in [4.78, 5) is 24.5. The molecule has 7 heteroatoms. The molecule has 1 atom stereocenters. The third kappa shape index (κ3) is 3.32. The first-order chi connectivity index (χ1) is 12.0. The normalized spacial score (nSPS) is 12.3. The highest BCUT2D eigenvalue weighted by Crippen LogP contribution is 2.16. The van der Waals surface area contributed by atoms with Crippen LogP contribution in [0.25, 0.3) is 10.9 Å². The van der Waals surface area contributed by atoms with Crippen molar-refractivity contribution in [3.05, 3.63) is 75.2 Å². The van der Waals surface area contributed by atoms with Gasteiger partial charge < -0.3 is 9.84 Å². The Morgan fingerprint density at radius 2 is 1.80 bits per heavy atom. The summed E-state index contributed by atoms with van der Waals surface area (Å²) >= 11 is 0. The number of aliphatic hydroxyl groups is 1. The second-order valence-electron chi connectivity index (χ2n) is 5.67.